The van der Waals surface area contributed by atoms with E-state index >= 15 is 0 Å². The maximum Gasteiger partial charge on any atom is 0.0593 e. The van der Waals surface area contributed by atoms with E-state index in [1.165, 1.54) is 32.4 Å². The number of hydrogen-bond acceptors (Lipinski definition) is 3. The molecule has 1 unspecified atom stereocenters. The van der Waals surface area contributed by atoms with Crippen LogP contribution < -0.4 is 5.32 Å². The van der Waals surface area contributed by atoms with Crippen molar-refractivity contribution in [2.75, 3.05) is 39.4 Å². The van der Waals surface area contributed by atoms with Crippen LogP contribution in [0, 0.1) is 5.92 Å². The third kappa shape index (κ3) is 6.17. The molecule has 1 rings (SSSR count). The second-order valence-electron chi connectivity index (χ2n) is 5.53. The van der Waals surface area contributed by atoms with Gasteiger partial charge >= 0.3 is 0 Å². The summed E-state index contributed by atoms with van der Waals surface area (Å²) in [6, 6.07) is 0.684. The van der Waals surface area contributed by atoms with Gasteiger partial charge in [0.2, 0.25) is 0 Å². The Balaban J connectivity index is 2.08. The van der Waals surface area contributed by atoms with Crippen LogP contribution in [-0.2, 0) is 4.74 Å². The first kappa shape index (κ1) is 15.9. The molecule has 1 atom stereocenters. The first-order chi connectivity index (χ1) is 8.77. The molecule has 3 heteroatoms. The first-order valence-corrected chi connectivity index (χ1v) is 7.81. The topological polar surface area (TPSA) is 24.5 Å². The molecule has 0 aromatic carbocycles. The molecule has 18 heavy (non-hydrogen) atoms. The lowest BCUT2D eigenvalue weighted by Crippen LogP contribution is -2.43. The maximum absolute atomic E-state index is 5.56. The highest BCUT2D eigenvalue weighted by Crippen LogP contribution is 2.20. The lowest BCUT2D eigenvalue weighted by atomic mass is 9.90. The van der Waals surface area contributed by atoms with Gasteiger partial charge in [-0.25, -0.2) is 0 Å². The average Bonchev–Trinajstić information content (AvgIpc) is 2.41. The molecule has 1 saturated heterocycles. The number of likely N-dealkylation sites (tertiary alicyclic amines) is 1. The molecule has 1 fully saturated rings. The second kappa shape index (κ2) is 9.76. The van der Waals surface area contributed by atoms with Gasteiger partial charge in [-0.05, 0) is 58.2 Å². The van der Waals surface area contributed by atoms with Gasteiger partial charge in [-0.3, -0.25) is 0 Å². The molecule has 108 valence electrons. The Hall–Kier alpha value is -0.120. The van der Waals surface area contributed by atoms with E-state index in [1.54, 1.807) is 0 Å². The lowest BCUT2D eigenvalue weighted by Gasteiger charge is -2.35. The van der Waals surface area contributed by atoms with E-state index in [2.05, 4.69) is 31.0 Å². The van der Waals surface area contributed by atoms with Gasteiger partial charge in [0.25, 0.3) is 0 Å². The van der Waals surface area contributed by atoms with Crippen LogP contribution >= 0.6 is 0 Å². The Morgan fingerprint density at radius 2 is 1.89 bits per heavy atom. The van der Waals surface area contributed by atoms with Crippen LogP contribution in [0.25, 0.3) is 0 Å². The summed E-state index contributed by atoms with van der Waals surface area (Å²) >= 11 is 0. The number of ether oxygens (including phenoxy) is 1. The van der Waals surface area contributed by atoms with E-state index in [0.29, 0.717) is 6.04 Å². The summed E-state index contributed by atoms with van der Waals surface area (Å²) in [5.41, 5.74) is 0. The summed E-state index contributed by atoms with van der Waals surface area (Å²) in [5, 5.41) is 3.63. The molecule has 1 aliphatic rings. The molecule has 0 bridgehead atoms. The molecule has 0 amide bonds. The zero-order valence-corrected chi connectivity index (χ0v) is 12.6. The van der Waals surface area contributed by atoms with Crippen molar-refractivity contribution >= 4 is 0 Å². The van der Waals surface area contributed by atoms with E-state index in [4.69, 9.17) is 4.74 Å². The monoisotopic (exact) mass is 256 g/mol. The van der Waals surface area contributed by atoms with Crippen molar-refractivity contribution in [3.63, 3.8) is 0 Å². The number of nitrogens with one attached hydrogen (secondary N) is 1. The molecule has 1 N–H and O–H groups in total. The van der Waals surface area contributed by atoms with Crippen molar-refractivity contribution in [2.45, 2.75) is 52.5 Å². The first-order valence-electron chi connectivity index (χ1n) is 7.81. The molecular weight excluding hydrogens is 224 g/mol. The average molecular weight is 256 g/mol. The fourth-order valence-corrected chi connectivity index (χ4v) is 2.66. The van der Waals surface area contributed by atoms with Crippen molar-refractivity contribution in [3.05, 3.63) is 0 Å². The van der Waals surface area contributed by atoms with Crippen LogP contribution in [0.1, 0.15) is 46.5 Å². The Bertz CT molecular complexity index is 191. The van der Waals surface area contributed by atoms with E-state index in [1.807, 2.05) is 0 Å². The predicted octanol–water partition coefficient (Wildman–Crippen LogP) is 2.51. The number of nitrogens with zero attached hydrogens (tertiary/aromatic N) is 1. The molecule has 1 heterocycles. The molecule has 0 radical (unpaired) electrons. The quantitative estimate of drug-likeness (QED) is 0.642. The Kier molecular flexibility index (Phi) is 8.64. The van der Waals surface area contributed by atoms with Crippen LogP contribution in [0.15, 0.2) is 0 Å². The summed E-state index contributed by atoms with van der Waals surface area (Å²) in [6.45, 7) is 13.3. The molecule has 3 nitrogen and oxygen atoms in total. The van der Waals surface area contributed by atoms with Gasteiger partial charge in [0.1, 0.15) is 0 Å². The SMILES string of the molecule is CCCNC(C)C1CCN(CCOCCC)CC1. The summed E-state index contributed by atoms with van der Waals surface area (Å²) in [4.78, 5) is 2.55. The zero-order chi connectivity index (χ0) is 13.2. The number of rotatable bonds is 9. The summed E-state index contributed by atoms with van der Waals surface area (Å²) in [7, 11) is 0. The van der Waals surface area contributed by atoms with Gasteiger partial charge in [0.05, 0.1) is 6.61 Å². The number of hydrogen-bond donors (Lipinski definition) is 1. The standard InChI is InChI=1S/C15H32N2O/c1-4-8-16-14(3)15-6-9-17(10-7-15)11-13-18-12-5-2/h14-16H,4-13H2,1-3H3. The largest absolute Gasteiger partial charge is 0.380 e. The summed E-state index contributed by atoms with van der Waals surface area (Å²) in [6.07, 6.45) is 5.04. The Morgan fingerprint density at radius 1 is 1.17 bits per heavy atom. The summed E-state index contributed by atoms with van der Waals surface area (Å²) in [5.74, 6) is 0.865. The minimum absolute atomic E-state index is 0.684. The summed E-state index contributed by atoms with van der Waals surface area (Å²) < 4.78 is 5.56. The highest BCUT2D eigenvalue weighted by Gasteiger charge is 2.22. The fourth-order valence-electron chi connectivity index (χ4n) is 2.66. The fraction of sp³-hybridized carbons (Fsp3) is 1.00. The molecule has 0 saturated carbocycles. The molecule has 0 spiro atoms. The molecular formula is C15H32N2O. The van der Waals surface area contributed by atoms with E-state index in [-0.39, 0.29) is 0 Å². The molecule has 0 aliphatic carbocycles. The van der Waals surface area contributed by atoms with Gasteiger partial charge in [-0.1, -0.05) is 13.8 Å². The van der Waals surface area contributed by atoms with Crippen LogP contribution in [0.4, 0.5) is 0 Å². The predicted molar refractivity (Wildman–Crippen MR) is 78.0 cm³/mol. The van der Waals surface area contributed by atoms with Crippen molar-refractivity contribution in [1.82, 2.24) is 10.2 Å². The lowest BCUT2D eigenvalue weighted by molar-refractivity contribution is 0.0847. The Labute approximate surface area is 113 Å². The molecule has 0 aromatic rings. The van der Waals surface area contributed by atoms with Gasteiger partial charge in [-0.2, -0.15) is 0 Å². The van der Waals surface area contributed by atoms with Crippen molar-refractivity contribution in [2.24, 2.45) is 5.92 Å². The van der Waals surface area contributed by atoms with Gasteiger partial charge in [0, 0.05) is 19.2 Å². The van der Waals surface area contributed by atoms with Crippen LogP contribution in [0.5, 0.6) is 0 Å². The minimum Gasteiger partial charge on any atom is -0.380 e. The van der Waals surface area contributed by atoms with Crippen LogP contribution in [0.3, 0.4) is 0 Å². The zero-order valence-electron chi connectivity index (χ0n) is 12.6. The minimum atomic E-state index is 0.684. The second-order valence-corrected chi connectivity index (χ2v) is 5.53. The number of piperidine rings is 1. The van der Waals surface area contributed by atoms with E-state index < -0.39 is 0 Å². The van der Waals surface area contributed by atoms with Crippen LogP contribution in [0.2, 0.25) is 0 Å². The van der Waals surface area contributed by atoms with Gasteiger partial charge in [0.15, 0.2) is 0 Å². The van der Waals surface area contributed by atoms with Gasteiger partial charge < -0.3 is 15.0 Å². The maximum atomic E-state index is 5.56. The van der Waals surface area contributed by atoms with Crippen molar-refractivity contribution in [3.8, 4) is 0 Å². The highest BCUT2D eigenvalue weighted by atomic mass is 16.5. The smallest absolute Gasteiger partial charge is 0.0593 e. The highest BCUT2D eigenvalue weighted by molar-refractivity contribution is 4.79. The van der Waals surface area contributed by atoms with Crippen LogP contribution in [-0.4, -0.2) is 50.3 Å². The molecule has 1 aliphatic heterocycles. The Morgan fingerprint density at radius 3 is 2.50 bits per heavy atom. The third-order valence-corrected chi connectivity index (χ3v) is 3.96. The van der Waals surface area contributed by atoms with E-state index in [9.17, 15) is 0 Å². The van der Waals surface area contributed by atoms with Crippen molar-refractivity contribution in [1.29, 1.82) is 0 Å². The third-order valence-electron chi connectivity index (χ3n) is 3.96. The van der Waals surface area contributed by atoms with Gasteiger partial charge in [-0.15, -0.1) is 0 Å². The van der Waals surface area contributed by atoms with E-state index in [0.717, 1.165) is 38.6 Å². The van der Waals surface area contributed by atoms with Crippen molar-refractivity contribution < 1.29 is 4.74 Å². The molecule has 0 aromatic heterocycles. The normalized spacial score (nSPS) is 20.2.